The SMILES string of the molecule is CNCc1cc(S(=O)(=O)NC2CCCC2SC)c(Br)o1. The number of halogens is 1. The molecule has 0 saturated heterocycles. The van der Waals surface area contributed by atoms with Crippen LogP contribution in [0.15, 0.2) is 20.0 Å². The first-order chi connectivity index (χ1) is 9.47. The smallest absolute Gasteiger partial charge is 0.245 e. The van der Waals surface area contributed by atoms with Crippen LogP contribution in [0.3, 0.4) is 0 Å². The topological polar surface area (TPSA) is 71.3 Å². The number of thioether (sulfide) groups is 1. The van der Waals surface area contributed by atoms with Crippen molar-refractivity contribution in [3.8, 4) is 0 Å². The molecule has 0 spiro atoms. The molecule has 114 valence electrons. The van der Waals surface area contributed by atoms with Crippen LogP contribution in [0.4, 0.5) is 0 Å². The van der Waals surface area contributed by atoms with Crippen molar-refractivity contribution in [3.63, 3.8) is 0 Å². The van der Waals surface area contributed by atoms with Crippen LogP contribution in [-0.4, -0.2) is 33.0 Å². The van der Waals surface area contributed by atoms with Gasteiger partial charge in [0, 0.05) is 17.4 Å². The lowest BCUT2D eigenvalue weighted by atomic mass is 10.3. The Morgan fingerprint density at radius 3 is 2.90 bits per heavy atom. The molecule has 0 bridgehead atoms. The number of rotatable bonds is 6. The van der Waals surface area contributed by atoms with Gasteiger partial charge in [-0.25, -0.2) is 13.1 Å². The standard InChI is InChI=1S/C12H19BrN2O3S2/c1-14-7-8-6-11(12(13)18-8)20(16,17)15-9-4-3-5-10(9)19-2/h6,9-10,14-15H,3-5,7H2,1-2H3. The van der Waals surface area contributed by atoms with Crippen molar-refractivity contribution in [3.05, 3.63) is 16.5 Å². The molecular weight excluding hydrogens is 364 g/mol. The van der Waals surface area contributed by atoms with Gasteiger partial charge in [-0.15, -0.1) is 0 Å². The maximum atomic E-state index is 12.5. The zero-order valence-electron chi connectivity index (χ0n) is 11.5. The molecular formula is C12H19BrN2O3S2. The Labute approximate surface area is 132 Å². The first kappa shape index (κ1) is 16.4. The van der Waals surface area contributed by atoms with Gasteiger partial charge < -0.3 is 9.73 Å². The zero-order chi connectivity index (χ0) is 14.8. The summed E-state index contributed by atoms with van der Waals surface area (Å²) in [5.74, 6) is 0.590. The van der Waals surface area contributed by atoms with Crippen molar-refractivity contribution < 1.29 is 12.8 Å². The molecule has 1 aromatic rings. The minimum Gasteiger partial charge on any atom is -0.452 e. The lowest BCUT2D eigenvalue weighted by Gasteiger charge is -2.18. The summed E-state index contributed by atoms with van der Waals surface area (Å²) >= 11 is 4.91. The number of hydrogen-bond acceptors (Lipinski definition) is 5. The van der Waals surface area contributed by atoms with E-state index < -0.39 is 10.0 Å². The summed E-state index contributed by atoms with van der Waals surface area (Å²) in [5.41, 5.74) is 0. The summed E-state index contributed by atoms with van der Waals surface area (Å²) in [7, 11) is -1.76. The molecule has 20 heavy (non-hydrogen) atoms. The molecule has 2 N–H and O–H groups in total. The second kappa shape index (κ2) is 6.83. The van der Waals surface area contributed by atoms with Gasteiger partial charge in [-0.3, -0.25) is 0 Å². The van der Waals surface area contributed by atoms with Crippen molar-refractivity contribution in [2.75, 3.05) is 13.3 Å². The Balaban J connectivity index is 2.17. The first-order valence-corrected chi connectivity index (χ1v) is 10.0. The minimum atomic E-state index is -3.55. The number of sulfonamides is 1. The third kappa shape index (κ3) is 3.59. The average Bonchev–Trinajstić information content (AvgIpc) is 2.96. The molecule has 1 aliphatic carbocycles. The monoisotopic (exact) mass is 382 g/mol. The molecule has 2 atom stereocenters. The quantitative estimate of drug-likeness (QED) is 0.789. The lowest BCUT2D eigenvalue weighted by Crippen LogP contribution is -2.38. The maximum absolute atomic E-state index is 12.5. The molecule has 1 heterocycles. The predicted molar refractivity (Wildman–Crippen MR) is 84.4 cm³/mol. The van der Waals surface area contributed by atoms with Crippen LogP contribution < -0.4 is 10.0 Å². The Morgan fingerprint density at radius 1 is 1.50 bits per heavy atom. The molecule has 0 aromatic carbocycles. The molecule has 0 radical (unpaired) electrons. The van der Waals surface area contributed by atoms with E-state index in [1.165, 1.54) is 0 Å². The molecule has 1 aliphatic rings. The van der Waals surface area contributed by atoms with E-state index >= 15 is 0 Å². The van der Waals surface area contributed by atoms with Gasteiger partial charge in [0.15, 0.2) is 4.67 Å². The van der Waals surface area contributed by atoms with Gasteiger partial charge in [0.2, 0.25) is 10.0 Å². The lowest BCUT2D eigenvalue weighted by molar-refractivity contribution is 0.469. The third-order valence-corrected chi connectivity index (χ3v) is 6.93. The first-order valence-electron chi connectivity index (χ1n) is 6.46. The Bertz CT molecular complexity index is 559. The van der Waals surface area contributed by atoms with Crippen LogP contribution in [0, 0.1) is 0 Å². The van der Waals surface area contributed by atoms with Crippen molar-refractivity contribution in [1.29, 1.82) is 0 Å². The summed E-state index contributed by atoms with van der Waals surface area (Å²) in [5, 5.41) is 3.29. The van der Waals surface area contributed by atoms with E-state index in [-0.39, 0.29) is 15.6 Å². The second-order valence-electron chi connectivity index (χ2n) is 4.81. The van der Waals surface area contributed by atoms with E-state index in [2.05, 4.69) is 26.0 Å². The molecule has 0 aliphatic heterocycles. The van der Waals surface area contributed by atoms with Gasteiger partial charge in [0.25, 0.3) is 0 Å². The Kier molecular flexibility index (Phi) is 5.58. The van der Waals surface area contributed by atoms with Crippen molar-refractivity contribution >= 4 is 37.7 Å². The number of nitrogens with one attached hydrogen (secondary N) is 2. The van der Waals surface area contributed by atoms with Gasteiger partial charge in [-0.05, 0) is 42.1 Å². The van der Waals surface area contributed by atoms with Crippen LogP contribution >= 0.6 is 27.7 Å². The summed E-state index contributed by atoms with van der Waals surface area (Å²) in [6.45, 7) is 0.491. The molecule has 2 rings (SSSR count). The summed E-state index contributed by atoms with van der Waals surface area (Å²) < 4.78 is 33.4. The summed E-state index contributed by atoms with van der Waals surface area (Å²) in [6.07, 6.45) is 5.04. The van der Waals surface area contributed by atoms with Gasteiger partial charge in [-0.1, -0.05) is 6.42 Å². The van der Waals surface area contributed by atoms with E-state index in [1.54, 1.807) is 24.9 Å². The van der Waals surface area contributed by atoms with Crippen LogP contribution in [0.2, 0.25) is 0 Å². The van der Waals surface area contributed by atoms with E-state index in [9.17, 15) is 8.42 Å². The Morgan fingerprint density at radius 2 is 2.25 bits per heavy atom. The molecule has 5 nitrogen and oxygen atoms in total. The fourth-order valence-electron chi connectivity index (χ4n) is 2.45. The summed E-state index contributed by atoms with van der Waals surface area (Å²) in [4.78, 5) is 0.175. The van der Waals surface area contributed by atoms with Crippen molar-refractivity contribution in [1.82, 2.24) is 10.0 Å². The van der Waals surface area contributed by atoms with Crippen molar-refractivity contribution in [2.45, 2.75) is 42.0 Å². The van der Waals surface area contributed by atoms with E-state index in [0.29, 0.717) is 17.6 Å². The maximum Gasteiger partial charge on any atom is 0.245 e. The molecule has 2 unspecified atom stereocenters. The molecule has 1 fully saturated rings. The Hall–Kier alpha value is -0.0200. The predicted octanol–water partition coefficient (Wildman–Crippen LogP) is 2.32. The van der Waals surface area contributed by atoms with Gasteiger partial charge in [0.1, 0.15) is 10.7 Å². The largest absolute Gasteiger partial charge is 0.452 e. The van der Waals surface area contributed by atoms with Crippen LogP contribution in [0.1, 0.15) is 25.0 Å². The highest BCUT2D eigenvalue weighted by Crippen LogP contribution is 2.31. The normalized spacial score (nSPS) is 23.4. The molecule has 8 heteroatoms. The number of hydrogen-bond donors (Lipinski definition) is 2. The zero-order valence-corrected chi connectivity index (χ0v) is 14.7. The highest BCUT2D eigenvalue weighted by molar-refractivity contribution is 9.10. The highest BCUT2D eigenvalue weighted by Gasteiger charge is 2.32. The van der Waals surface area contributed by atoms with E-state index in [1.807, 2.05) is 6.26 Å². The van der Waals surface area contributed by atoms with Gasteiger partial charge >= 0.3 is 0 Å². The molecule has 1 saturated carbocycles. The van der Waals surface area contributed by atoms with E-state index in [0.717, 1.165) is 19.3 Å². The van der Waals surface area contributed by atoms with Crippen LogP contribution in [0.25, 0.3) is 0 Å². The van der Waals surface area contributed by atoms with Crippen LogP contribution in [0.5, 0.6) is 0 Å². The average molecular weight is 383 g/mol. The van der Waals surface area contributed by atoms with Crippen LogP contribution in [-0.2, 0) is 16.6 Å². The summed E-state index contributed by atoms with van der Waals surface area (Å²) in [6, 6.07) is 1.57. The van der Waals surface area contributed by atoms with E-state index in [4.69, 9.17) is 4.42 Å². The minimum absolute atomic E-state index is 0.00421. The molecule has 1 aromatic heterocycles. The fourth-order valence-corrected chi connectivity index (χ4v) is 5.78. The molecule has 0 amide bonds. The fraction of sp³-hybridized carbons (Fsp3) is 0.667. The van der Waals surface area contributed by atoms with Gasteiger partial charge in [-0.2, -0.15) is 11.8 Å². The second-order valence-corrected chi connectivity index (χ2v) is 8.29. The van der Waals surface area contributed by atoms with Crippen molar-refractivity contribution in [2.24, 2.45) is 0 Å². The van der Waals surface area contributed by atoms with Gasteiger partial charge in [0.05, 0.1) is 6.54 Å². The highest BCUT2D eigenvalue weighted by atomic mass is 79.9. The number of furan rings is 1. The third-order valence-electron chi connectivity index (χ3n) is 3.41.